The molecule has 7 heteroatoms. The standard InChI is InChI=1S/C14H16Cl2N4O/c1-8-4-12(11(16)5-10(8)15)17-6-13-9(7-20(2)3)14(21)19-18-13/h4-5,7,17H,6H2,1-3H3,(H,19,21)/b9-7-. The lowest BCUT2D eigenvalue weighted by Crippen LogP contribution is -2.20. The third-order valence-corrected chi connectivity index (χ3v) is 3.65. The number of halogens is 2. The molecule has 5 nitrogen and oxygen atoms in total. The maximum atomic E-state index is 11.7. The Kier molecular flexibility index (Phi) is 4.75. The molecule has 0 saturated carbocycles. The normalized spacial score (nSPS) is 16.0. The van der Waals surface area contributed by atoms with Crippen LogP contribution >= 0.6 is 23.2 Å². The van der Waals surface area contributed by atoms with E-state index in [-0.39, 0.29) is 5.91 Å². The first-order valence-corrected chi connectivity index (χ1v) is 7.09. The van der Waals surface area contributed by atoms with Crippen molar-refractivity contribution in [3.8, 4) is 0 Å². The SMILES string of the molecule is Cc1cc(NCC2=NNC(=O)/C2=C\N(C)C)c(Cl)cc1Cl. The number of rotatable bonds is 4. The van der Waals surface area contributed by atoms with E-state index in [0.29, 0.717) is 27.9 Å². The van der Waals surface area contributed by atoms with Gasteiger partial charge in [-0.25, -0.2) is 5.43 Å². The minimum Gasteiger partial charge on any atom is -0.383 e. The summed E-state index contributed by atoms with van der Waals surface area (Å²) in [6, 6.07) is 3.56. The highest BCUT2D eigenvalue weighted by Gasteiger charge is 2.22. The number of amides is 1. The second kappa shape index (κ2) is 6.37. The van der Waals surface area contributed by atoms with E-state index in [0.717, 1.165) is 11.3 Å². The molecule has 0 atom stereocenters. The summed E-state index contributed by atoms with van der Waals surface area (Å²) >= 11 is 12.2. The van der Waals surface area contributed by atoms with Crippen molar-refractivity contribution >= 4 is 40.5 Å². The smallest absolute Gasteiger partial charge is 0.274 e. The van der Waals surface area contributed by atoms with Gasteiger partial charge >= 0.3 is 0 Å². The van der Waals surface area contributed by atoms with Gasteiger partial charge in [0.15, 0.2) is 0 Å². The summed E-state index contributed by atoms with van der Waals surface area (Å²) in [6.07, 6.45) is 1.73. The maximum absolute atomic E-state index is 11.7. The predicted octanol–water partition coefficient (Wildman–Crippen LogP) is 2.65. The fourth-order valence-electron chi connectivity index (χ4n) is 1.87. The molecule has 1 aliphatic rings. The average Bonchev–Trinajstić information content (AvgIpc) is 2.73. The van der Waals surface area contributed by atoms with Crippen molar-refractivity contribution in [1.82, 2.24) is 10.3 Å². The van der Waals surface area contributed by atoms with Gasteiger partial charge in [0.25, 0.3) is 5.91 Å². The Morgan fingerprint density at radius 2 is 2.05 bits per heavy atom. The minimum atomic E-state index is -0.209. The van der Waals surface area contributed by atoms with E-state index in [2.05, 4.69) is 15.8 Å². The Bertz CT molecular complexity index is 638. The van der Waals surface area contributed by atoms with Crippen LogP contribution in [0.5, 0.6) is 0 Å². The zero-order chi connectivity index (χ0) is 15.6. The molecular formula is C14H16Cl2N4O. The minimum absolute atomic E-state index is 0.209. The third-order valence-electron chi connectivity index (χ3n) is 2.93. The van der Waals surface area contributed by atoms with Crippen LogP contribution in [0.3, 0.4) is 0 Å². The second-order valence-electron chi connectivity index (χ2n) is 4.94. The van der Waals surface area contributed by atoms with Crippen molar-refractivity contribution in [2.24, 2.45) is 5.10 Å². The lowest BCUT2D eigenvalue weighted by molar-refractivity contribution is -0.116. The molecule has 0 saturated heterocycles. The zero-order valence-corrected chi connectivity index (χ0v) is 13.5. The number of benzene rings is 1. The Morgan fingerprint density at radius 1 is 1.33 bits per heavy atom. The highest BCUT2D eigenvalue weighted by Crippen LogP contribution is 2.28. The Labute approximate surface area is 133 Å². The van der Waals surface area contributed by atoms with Crippen LogP contribution < -0.4 is 10.7 Å². The summed E-state index contributed by atoms with van der Waals surface area (Å²) in [7, 11) is 3.70. The summed E-state index contributed by atoms with van der Waals surface area (Å²) < 4.78 is 0. The van der Waals surface area contributed by atoms with Crippen LogP contribution in [0.25, 0.3) is 0 Å². The molecule has 0 aliphatic carbocycles. The molecule has 0 unspecified atom stereocenters. The number of aryl methyl sites for hydroxylation is 1. The molecule has 0 fully saturated rings. The molecule has 1 aliphatic heterocycles. The van der Waals surface area contributed by atoms with Crippen molar-refractivity contribution in [3.63, 3.8) is 0 Å². The Balaban J connectivity index is 2.13. The molecule has 0 aromatic heterocycles. The molecule has 1 amide bonds. The van der Waals surface area contributed by atoms with E-state index in [1.165, 1.54) is 0 Å². The molecule has 0 bridgehead atoms. The van der Waals surface area contributed by atoms with Gasteiger partial charge < -0.3 is 10.2 Å². The van der Waals surface area contributed by atoms with E-state index in [4.69, 9.17) is 23.2 Å². The fourth-order valence-corrected chi connectivity index (χ4v) is 2.32. The summed E-state index contributed by atoms with van der Waals surface area (Å²) in [6.45, 7) is 2.29. The van der Waals surface area contributed by atoms with Crippen molar-refractivity contribution in [3.05, 3.63) is 39.5 Å². The van der Waals surface area contributed by atoms with Crippen molar-refractivity contribution in [2.45, 2.75) is 6.92 Å². The number of nitrogens with zero attached hydrogens (tertiary/aromatic N) is 2. The number of carbonyl (C=O) groups is 1. The number of hydrogen-bond donors (Lipinski definition) is 2. The third kappa shape index (κ3) is 3.68. The molecule has 1 aromatic carbocycles. The monoisotopic (exact) mass is 326 g/mol. The topological polar surface area (TPSA) is 56.7 Å². The van der Waals surface area contributed by atoms with E-state index in [1.54, 1.807) is 17.2 Å². The first-order valence-electron chi connectivity index (χ1n) is 6.33. The number of nitrogens with one attached hydrogen (secondary N) is 2. The summed E-state index contributed by atoms with van der Waals surface area (Å²) in [5.41, 5.74) is 5.31. The highest BCUT2D eigenvalue weighted by molar-refractivity contribution is 6.37. The van der Waals surface area contributed by atoms with Crippen LogP contribution in [0.1, 0.15) is 5.56 Å². The summed E-state index contributed by atoms with van der Waals surface area (Å²) in [4.78, 5) is 13.5. The van der Waals surface area contributed by atoms with E-state index in [1.807, 2.05) is 27.1 Å². The molecule has 1 aromatic rings. The molecule has 2 N–H and O–H groups in total. The van der Waals surface area contributed by atoms with Gasteiger partial charge in [0.05, 0.1) is 28.5 Å². The van der Waals surface area contributed by atoms with Gasteiger partial charge in [0.2, 0.25) is 0 Å². The number of hydrogen-bond acceptors (Lipinski definition) is 4. The number of carbonyl (C=O) groups excluding carboxylic acids is 1. The Morgan fingerprint density at radius 3 is 2.71 bits per heavy atom. The number of anilines is 1. The quantitative estimate of drug-likeness (QED) is 0.836. The fraction of sp³-hybridized carbons (Fsp3) is 0.286. The van der Waals surface area contributed by atoms with Gasteiger partial charge in [-0.3, -0.25) is 4.79 Å². The van der Waals surface area contributed by atoms with Crippen molar-refractivity contribution in [1.29, 1.82) is 0 Å². The first-order chi connectivity index (χ1) is 9.88. The molecule has 21 heavy (non-hydrogen) atoms. The molecule has 112 valence electrons. The Hall–Kier alpha value is -1.72. The number of hydrazone groups is 1. The van der Waals surface area contributed by atoms with Crippen molar-refractivity contribution in [2.75, 3.05) is 26.0 Å². The van der Waals surface area contributed by atoms with Crippen LogP contribution in [0.2, 0.25) is 10.0 Å². The lowest BCUT2D eigenvalue weighted by Gasteiger charge is -2.11. The van der Waals surface area contributed by atoms with E-state index >= 15 is 0 Å². The van der Waals surface area contributed by atoms with Crippen molar-refractivity contribution < 1.29 is 4.79 Å². The summed E-state index contributed by atoms with van der Waals surface area (Å²) in [5.74, 6) is -0.209. The van der Waals surface area contributed by atoms with Gasteiger partial charge in [-0.15, -0.1) is 0 Å². The molecule has 2 rings (SSSR count). The van der Waals surface area contributed by atoms with E-state index < -0.39 is 0 Å². The van der Waals surface area contributed by atoms with Gasteiger partial charge in [-0.1, -0.05) is 23.2 Å². The molecular weight excluding hydrogens is 311 g/mol. The van der Waals surface area contributed by atoms with Gasteiger partial charge in [0, 0.05) is 25.3 Å². The van der Waals surface area contributed by atoms with Crippen LogP contribution in [0.4, 0.5) is 5.69 Å². The average molecular weight is 327 g/mol. The molecule has 0 spiro atoms. The van der Waals surface area contributed by atoms with Gasteiger partial charge in [-0.05, 0) is 24.6 Å². The maximum Gasteiger partial charge on any atom is 0.274 e. The largest absolute Gasteiger partial charge is 0.383 e. The molecule has 1 heterocycles. The van der Waals surface area contributed by atoms with Crippen LogP contribution in [0.15, 0.2) is 29.0 Å². The highest BCUT2D eigenvalue weighted by atomic mass is 35.5. The zero-order valence-electron chi connectivity index (χ0n) is 12.0. The van der Waals surface area contributed by atoms with Crippen LogP contribution in [-0.2, 0) is 4.79 Å². The molecule has 0 radical (unpaired) electrons. The second-order valence-corrected chi connectivity index (χ2v) is 5.76. The van der Waals surface area contributed by atoms with Gasteiger partial charge in [0.1, 0.15) is 0 Å². The van der Waals surface area contributed by atoms with Crippen LogP contribution in [0, 0.1) is 6.92 Å². The lowest BCUT2D eigenvalue weighted by atomic mass is 10.1. The van der Waals surface area contributed by atoms with E-state index in [9.17, 15) is 4.79 Å². The summed E-state index contributed by atoms with van der Waals surface area (Å²) in [5, 5.41) is 8.35. The van der Waals surface area contributed by atoms with Crippen LogP contribution in [-0.4, -0.2) is 37.2 Å². The first kappa shape index (κ1) is 15.7. The predicted molar refractivity (Wildman–Crippen MR) is 87.0 cm³/mol. The van der Waals surface area contributed by atoms with Gasteiger partial charge in [-0.2, -0.15) is 5.10 Å².